The molecule has 3 unspecified atom stereocenters. The number of halogens is 4. The third-order valence-corrected chi connectivity index (χ3v) is 2.91. The third-order valence-electron chi connectivity index (χ3n) is 2.17. The van der Waals surface area contributed by atoms with Crippen LogP contribution in [0.2, 0.25) is 0 Å². The SMILES string of the molecule is N.O=S(=O)(O)CC(F)C(F)C(F)CCCCCF. The zero-order valence-corrected chi connectivity index (χ0v) is 10.7. The summed E-state index contributed by atoms with van der Waals surface area (Å²) < 4.78 is 79.4. The summed E-state index contributed by atoms with van der Waals surface area (Å²) in [4.78, 5) is 0. The van der Waals surface area contributed by atoms with Crippen molar-refractivity contribution in [2.24, 2.45) is 0 Å². The minimum Gasteiger partial charge on any atom is -0.344 e. The zero-order chi connectivity index (χ0) is 13.5. The van der Waals surface area contributed by atoms with Crippen LogP contribution in [-0.4, -0.2) is 43.9 Å². The molecule has 0 aromatic rings. The highest BCUT2D eigenvalue weighted by atomic mass is 32.2. The minimum atomic E-state index is -4.66. The predicted molar refractivity (Wildman–Crippen MR) is 60.6 cm³/mol. The Balaban J connectivity index is 0. The Kier molecular flexibility index (Phi) is 10.5. The van der Waals surface area contributed by atoms with Crippen LogP contribution in [0.5, 0.6) is 0 Å². The minimum absolute atomic E-state index is 0. The highest BCUT2D eigenvalue weighted by Gasteiger charge is 2.32. The van der Waals surface area contributed by atoms with Gasteiger partial charge >= 0.3 is 0 Å². The second-order valence-electron chi connectivity index (χ2n) is 3.76. The molecule has 0 fully saturated rings. The molecule has 0 aliphatic carbocycles. The second-order valence-corrected chi connectivity index (χ2v) is 5.26. The molecular formula is C9H19F4NO3S. The Labute approximate surface area is 104 Å². The van der Waals surface area contributed by atoms with Crippen LogP contribution in [-0.2, 0) is 10.1 Å². The summed E-state index contributed by atoms with van der Waals surface area (Å²) in [7, 11) is -4.66. The van der Waals surface area contributed by atoms with Gasteiger partial charge in [-0.15, -0.1) is 0 Å². The summed E-state index contributed by atoms with van der Waals surface area (Å²) in [5.74, 6) is -1.46. The average molecular weight is 297 g/mol. The molecule has 0 aromatic carbocycles. The highest BCUT2D eigenvalue weighted by Crippen LogP contribution is 2.19. The van der Waals surface area contributed by atoms with E-state index >= 15 is 0 Å². The topological polar surface area (TPSA) is 89.4 Å². The lowest BCUT2D eigenvalue weighted by Crippen LogP contribution is -2.33. The molecule has 0 amide bonds. The Morgan fingerprint density at radius 3 is 2.00 bits per heavy atom. The first kappa shape index (κ1) is 19.9. The van der Waals surface area contributed by atoms with Gasteiger partial charge < -0.3 is 6.15 Å². The summed E-state index contributed by atoms with van der Waals surface area (Å²) in [6, 6.07) is 0. The van der Waals surface area contributed by atoms with Gasteiger partial charge in [-0.2, -0.15) is 8.42 Å². The number of hydrogen-bond donors (Lipinski definition) is 2. The molecule has 3 atom stereocenters. The van der Waals surface area contributed by atoms with Gasteiger partial charge in [0.2, 0.25) is 0 Å². The number of hydrogen-bond acceptors (Lipinski definition) is 3. The summed E-state index contributed by atoms with van der Waals surface area (Å²) in [6.07, 6.45) is -6.85. The van der Waals surface area contributed by atoms with Crippen LogP contribution in [0.25, 0.3) is 0 Å². The van der Waals surface area contributed by atoms with Gasteiger partial charge in [-0.25, -0.2) is 13.2 Å². The van der Waals surface area contributed by atoms with Gasteiger partial charge in [-0.1, -0.05) is 12.8 Å². The molecule has 0 heterocycles. The van der Waals surface area contributed by atoms with Crippen molar-refractivity contribution in [2.45, 2.75) is 44.2 Å². The molecule has 0 aliphatic rings. The maximum atomic E-state index is 13.1. The van der Waals surface area contributed by atoms with Crippen molar-refractivity contribution in [1.82, 2.24) is 6.15 Å². The summed E-state index contributed by atoms with van der Waals surface area (Å²) >= 11 is 0. The molecule has 0 aliphatic heterocycles. The normalized spacial score (nSPS) is 16.7. The lowest BCUT2D eigenvalue weighted by atomic mass is 10.1. The van der Waals surface area contributed by atoms with E-state index in [0.717, 1.165) is 0 Å². The monoisotopic (exact) mass is 297 g/mol. The van der Waals surface area contributed by atoms with Crippen molar-refractivity contribution >= 4 is 10.1 Å². The maximum absolute atomic E-state index is 13.1. The van der Waals surface area contributed by atoms with Crippen molar-refractivity contribution in [3.05, 3.63) is 0 Å². The zero-order valence-electron chi connectivity index (χ0n) is 9.87. The van der Waals surface area contributed by atoms with Gasteiger partial charge in [0.1, 0.15) is 11.9 Å². The second kappa shape index (κ2) is 9.51. The largest absolute Gasteiger partial charge is 0.344 e. The smallest absolute Gasteiger partial charge is 0.267 e. The van der Waals surface area contributed by atoms with Crippen molar-refractivity contribution in [3.8, 4) is 0 Å². The first-order valence-corrected chi connectivity index (χ1v) is 6.82. The van der Waals surface area contributed by atoms with Crippen LogP contribution in [0.15, 0.2) is 0 Å². The molecule has 0 aromatic heterocycles. The fourth-order valence-electron chi connectivity index (χ4n) is 1.29. The van der Waals surface area contributed by atoms with Crippen molar-refractivity contribution < 1.29 is 30.5 Å². The third kappa shape index (κ3) is 9.60. The van der Waals surface area contributed by atoms with Crippen molar-refractivity contribution in [1.29, 1.82) is 0 Å². The quantitative estimate of drug-likeness (QED) is 0.389. The summed E-state index contributed by atoms with van der Waals surface area (Å²) in [5.41, 5.74) is 0. The molecule has 0 spiro atoms. The van der Waals surface area contributed by atoms with E-state index < -0.39 is 41.1 Å². The molecule has 18 heavy (non-hydrogen) atoms. The lowest BCUT2D eigenvalue weighted by Gasteiger charge is -2.16. The average Bonchev–Trinajstić information content (AvgIpc) is 2.20. The maximum Gasteiger partial charge on any atom is 0.267 e. The molecule has 112 valence electrons. The van der Waals surface area contributed by atoms with Crippen LogP contribution < -0.4 is 6.15 Å². The molecule has 0 bridgehead atoms. The molecule has 0 saturated heterocycles. The van der Waals surface area contributed by atoms with Gasteiger partial charge in [0.25, 0.3) is 10.1 Å². The molecule has 9 heteroatoms. The van der Waals surface area contributed by atoms with Crippen molar-refractivity contribution in [3.63, 3.8) is 0 Å². The van der Waals surface area contributed by atoms with Gasteiger partial charge in [0.15, 0.2) is 12.3 Å². The van der Waals surface area contributed by atoms with Crippen LogP contribution in [0.3, 0.4) is 0 Å². The standard InChI is InChI=1S/C9H16F4O3S.H3N/c10-5-3-1-2-4-7(11)9(13)8(12)6-17(14,15)16;/h7-9H,1-6H2,(H,14,15,16);1H3. The molecule has 0 rings (SSSR count). The number of alkyl halides is 4. The first-order chi connectivity index (χ1) is 7.78. The van der Waals surface area contributed by atoms with Gasteiger partial charge in [-0.3, -0.25) is 8.94 Å². The van der Waals surface area contributed by atoms with E-state index in [-0.39, 0.29) is 25.4 Å². The predicted octanol–water partition coefficient (Wildman–Crippen LogP) is 2.58. The first-order valence-electron chi connectivity index (χ1n) is 5.21. The number of unbranched alkanes of at least 4 members (excludes halogenated alkanes) is 2. The van der Waals surface area contributed by atoms with E-state index in [1.807, 2.05) is 0 Å². The van der Waals surface area contributed by atoms with E-state index in [0.29, 0.717) is 6.42 Å². The Morgan fingerprint density at radius 1 is 1.00 bits per heavy atom. The Morgan fingerprint density at radius 2 is 1.56 bits per heavy atom. The number of rotatable bonds is 9. The molecule has 0 saturated carbocycles. The van der Waals surface area contributed by atoms with Crippen LogP contribution in [0, 0.1) is 0 Å². The highest BCUT2D eigenvalue weighted by molar-refractivity contribution is 7.85. The van der Waals surface area contributed by atoms with Crippen molar-refractivity contribution in [2.75, 3.05) is 12.4 Å². The van der Waals surface area contributed by atoms with Crippen LogP contribution in [0.1, 0.15) is 25.7 Å². The van der Waals surface area contributed by atoms with Gasteiger partial charge in [0, 0.05) is 0 Å². The summed E-state index contributed by atoms with van der Waals surface area (Å²) in [6.45, 7) is -0.551. The molecule has 4 nitrogen and oxygen atoms in total. The van der Waals surface area contributed by atoms with E-state index in [1.165, 1.54) is 0 Å². The molecule has 4 N–H and O–H groups in total. The van der Waals surface area contributed by atoms with Gasteiger partial charge in [-0.05, 0) is 12.8 Å². The molecule has 0 radical (unpaired) electrons. The fraction of sp³-hybridized carbons (Fsp3) is 1.00. The van der Waals surface area contributed by atoms with Gasteiger partial charge in [0.05, 0.1) is 6.67 Å². The van der Waals surface area contributed by atoms with E-state index in [4.69, 9.17) is 4.55 Å². The Hall–Kier alpha value is -0.410. The van der Waals surface area contributed by atoms with E-state index in [9.17, 15) is 26.0 Å². The van der Waals surface area contributed by atoms with Crippen LogP contribution >= 0.6 is 0 Å². The van der Waals surface area contributed by atoms with E-state index in [2.05, 4.69) is 0 Å². The van der Waals surface area contributed by atoms with Crippen LogP contribution in [0.4, 0.5) is 17.6 Å². The summed E-state index contributed by atoms with van der Waals surface area (Å²) in [5, 5.41) is 0. The van der Waals surface area contributed by atoms with E-state index in [1.54, 1.807) is 0 Å². The lowest BCUT2D eigenvalue weighted by molar-refractivity contribution is 0.0853. The molecular weight excluding hydrogens is 278 g/mol. The Bertz CT molecular complexity index is 302. The fourth-order valence-corrected chi connectivity index (χ4v) is 1.88.